The lowest BCUT2D eigenvalue weighted by molar-refractivity contribution is -0.0498. The van der Waals surface area contributed by atoms with Crippen LogP contribution in [0.2, 0.25) is 0 Å². The van der Waals surface area contributed by atoms with E-state index in [2.05, 4.69) is 18.6 Å². The van der Waals surface area contributed by atoms with Gasteiger partial charge in [-0.25, -0.2) is 0 Å². The summed E-state index contributed by atoms with van der Waals surface area (Å²) in [5.74, 6) is 0.208. The molecule has 0 unspecified atom stereocenters. The van der Waals surface area contributed by atoms with Crippen LogP contribution in [0, 0.1) is 6.92 Å². The number of benzene rings is 1. The lowest BCUT2D eigenvalue weighted by Gasteiger charge is -2.03. The van der Waals surface area contributed by atoms with E-state index < -0.39 is 6.61 Å². The van der Waals surface area contributed by atoms with Gasteiger partial charge in [-0.1, -0.05) is 51.7 Å². The molecule has 0 aliphatic heterocycles. The Labute approximate surface area is 103 Å². The van der Waals surface area contributed by atoms with Crippen LogP contribution in [0.5, 0.6) is 5.75 Å². The largest absolute Gasteiger partial charge is 0.435 e. The molecule has 3 heteroatoms. The fourth-order valence-corrected chi connectivity index (χ4v) is 1.29. The van der Waals surface area contributed by atoms with Crippen LogP contribution in [0.3, 0.4) is 0 Å². The van der Waals surface area contributed by atoms with Gasteiger partial charge in [-0.2, -0.15) is 8.78 Å². The Morgan fingerprint density at radius 1 is 1.12 bits per heavy atom. The van der Waals surface area contributed by atoms with E-state index in [9.17, 15) is 8.78 Å². The van der Waals surface area contributed by atoms with Gasteiger partial charge < -0.3 is 4.74 Å². The van der Waals surface area contributed by atoms with E-state index in [4.69, 9.17) is 0 Å². The molecule has 1 aromatic rings. The third-order valence-electron chi connectivity index (χ3n) is 2.17. The van der Waals surface area contributed by atoms with Crippen molar-refractivity contribution in [3.63, 3.8) is 0 Å². The van der Waals surface area contributed by atoms with Crippen LogP contribution >= 0.6 is 0 Å². The van der Waals surface area contributed by atoms with Crippen LogP contribution in [0.4, 0.5) is 8.78 Å². The first kappa shape index (κ1) is 15.9. The number of ether oxygens (including phenoxy) is 1. The number of rotatable bonds is 5. The zero-order valence-corrected chi connectivity index (χ0v) is 10.9. The summed E-state index contributed by atoms with van der Waals surface area (Å²) in [6.07, 6.45) is 5.54. The Kier molecular flexibility index (Phi) is 9.40. The van der Waals surface area contributed by atoms with E-state index in [1.165, 1.54) is 31.7 Å². The molecule has 0 atom stereocenters. The Morgan fingerprint density at radius 3 is 2.12 bits per heavy atom. The van der Waals surface area contributed by atoms with Crippen molar-refractivity contribution in [1.82, 2.24) is 0 Å². The van der Waals surface area contributed by atoms with Crippen molar-refractivity contribution < 1.29 is 13.5 Å². The van der Waals surface area contributed by atoms with E-state index in [1.54, 1.807) is 12.1 Å². The van der Waals surface area contributed by atoms with Gasteiger partial charge in [0, 0.05) is 0 Å². The number of aryl methyl sites for hydroxylation is 1. The molecule has 98 valence electrons. The molecule has 0 radical (unpaired) electrons. The third kappa shape index (κ3) is 9.79. The van der Waals surface area contributed by atoms with Crippen LogP contribution in [0.25, 0.3) is 0 Å². The lowest BCUT2D eigenvalue weighted by atomic mass is 10.2. The Hall–Kier alpha value is -1.12. The maximum atomic E-state index is 11.6. The summed E-state index contributed by atoms with van der Waals surface area (Å²) in [5, 5.41) is 0. The summed E-state index contributed by atoms with van der Waals surface area (Å²) >= 11 is 0. The summed E-state index contributed by atoms with van der Waals surface area (Å²) in [4.78, 5) is 0. The van der Waals surface area contributed by atoms with Gasteiger partial charge in [0.05, 0.1) is 0 Å². The number of unbranched alkanes of at least 4 members (excludes halogenated alkanes) is 3. The molecule has 0 N–H and O–H groups in total. The van der Waals surface area contributed by atoms with Crippen LogP contribution < -0.4 is 4.74 Å². The third-order valence-corrected chi connectivity index (χ3v) is 2.17. The summed E-state index contributed by atoms with van der Waals surface area (Å²) in [7, 11) is 0. The fraction of sp³-hybridized carbons (Fsp3) is 0.571. The lowest BCUT2D eigenvalue weighted by Crippen LogP contribution is -2.01. The monoisotopic (exact) mass is 244 g/mol. The molecule has 0 aliphatic carbocycles. The fourth-order valence-electron chi connectivity index (χ4n) is 1.29. The number of hydrogen-bond donors (Lipinski definition) is 0. The highest BCUT2D eigenvalue weighted by Crippen LogP contribution is 2.14. The average molecular weight is 244 g/mol. The maximum absolute atomic E-state index is 11.6. The normalized spacial score (nSPS) is 9.76. The summed E-state index contributed by atoms with van der Waals surface area (Å²) in [6, 6.07) is 6.55. The summed E-state index contributed by atoms with van der Waals surface area (Å²) < 4.78 is 27.4. The number of hydrogen-bond acceptors (Lipinski definition) is 1. The Balaban J connectivity index is 0.000000366. The zero-order valence-electron chi connectivity index (χ0n) is 10.9. The Morgan fingerprint density at radius 2 is 1.71 bits per heavy atom. The molecular formula is C14H22F2O. The van der Waals surface area contributed by atoms with Gasteiger partial charge in [0.1, 0.15) is 5.75 Å². The molecule has 1 nitrogen and oxygen atoms in total. The van der Waals surface area contributed by atoms with Crippen molar-refractivity contribution in [3.05, 3.63) is 29.8 Å². The average Bonchev–Trinajstić information content (AvgIpc) is 2.26. The molecular weight excluding hydrogens is 222 g/mol. The standard InChI is InChI=1S/C8H8F2O.C6H14/c1-6-3-2-4-7(5-6)11-8(9)10;1-3-5-6-4-2/h2-5,8H,1H3;3-6H2,1-2H3. The first-order valence-corrected chi connectivity index (χ1v) is 6.11. The van der Waals surface area contributed by atoms with E-state index in [1.807, 2.05) is 13.0 Å². The second kappa shape index (κ2) is 10.1. The van der Waals surface area contributed by atoms with Crippen LogP contribution in [-0.4, -0.2) is 6.61 Å². The number of halogens is 2. The molecule has 17 heavy (non-hydrogen) atoms. The van der Waals surface area contributed by atoms with E-state index in [0.29, 0.717) is 0 Å². The molecule has 0 saturated heterocycles. The van der Waals surface area contributed by atoms with Crippen molar-refractivity contribution >= 4 is 0 Å². The molecule has 0 amide bonds. The predicted octanol–water partition coefficient (Wildman–Crippen LogP) is 5.18. The minimum atomic E-state index is -2.74. The molecule has 0 heterocycles. The van der Waals surface area contributed by atoms with Crippen LogP contribution in [0.15, 0.2) is 24.3 Å². The molecule has 0 fully saturated rings. The van der Waals surface area contributed by atoms with Gasteiger partial charge in [-0.3, -0.25) is 0 Å². The molecule has 0 aromatic heterocycles. The molecule has 1 rings (SSSR count). The van der Waals surface area contributed by atoms with Crippen LogP contribution in [-0.2, 0) is 0 Å². The zero-order chi connectivity index (χ0) is 13.1. The molecule has 0 aliphatic rings. The van der Waals surface area contributed by atoms with Crippen molar-refractivity contribution in [2.75, 3.05) is 0 Å². The highest BCUT2D eigenvalue weighted by molar-refractivity contribution is 5.27. The topological polar surface area (TPSA) is 9.23 Å². The second-order valence-corrected chi connectivity index (χ2v) is 3.90. The van der Waals surface area contributed by atoms with Gasteiger partial charge in [-0.05, 0) is 24.6 Å². The van der Waals surface area contributed by atoms with Crippen molar-refractivity contribution in [1.29, 1.82) is 0 Å². The first-order chi connectivity index (χ1) is 8.10. The van der Waals surface area contributed by atoms with Gasteiger partial charge >= 0.3 is 6.61 Å². The Bertz CT molecular complexity index is 283. The van der Waals surface area contributed by atoms with Gasteiger partial charge in [0.15, 0.2) is 0 Å². The first-order valence-electron chi connectivity index (χ1n) is 6.11. The molecule has 0 saturated carbocycles. The van der Waals surface area contributed by atoms with Gasteiger partial charge in [0.2, 0.25) is 0 Å². The minimum absolute atomic E-state index is 0.208. The smallest absolute Gasteiger partial charge is 0.387 e. The van der Waals surface area contributed by atoms with Crippen LogP contribution in [0.1, 0.15) is 45.1 Å². The SMILES string of the molecule is CCCCCC.Cc1cccc(OC(F)F)c1. The summed E-state index contributed by atoms with van der Waals surface area (Å²) in [5.41, 5.74) is 0.906. The van der Waals surface area contributed by atoms with Gasteiger partial charge in [-0.15, -0.1) is 0 Å². The maximum Gasteiger partial charge on any atom is 0.387 e. The van der Waals surface area contributed by atoms with Gasteiger partial charge in [0.25, 0.3) is 0 Å². The van der Waals surface area contributed by atoms with Crippen molar-refractivity contribution in [2.45, 2.75) is 53.1 Å². The van der Waals surface area contributed by atoms with E-state index in [-0.39, 0.29) is 5.75 Å². The highest BCUT2D eigenvalue weighted by Gasteiger charge is 2.02. The number of alkyl halides is 2. The molecule has 1 aromatic carbocycles. The molecule has 0 bridgehead atoms. The minimum Gasteiger partial charge on any atom is -0.435 e. The van der Waals surface area contributed by atoms with Crippen molar-refractivity contribution in [2.24, 2.45) is 0 Å². The summed E-state index contributed by atoms with van der Waals surface area (Å²) in [6.45, 7) is 3.54. The highest BCUT2D eigenvalue weighted by atomic mass is 19.3. The van der Waals surface area contributed by atoms with Crippen molar-refractivity contribution in [3.8, 4) is 5.75 Å². The van der Waals surface area contributed by atoms with E-state index in [0.717, 1.165) is 5.56 Å². The second-order valence-electron chi connectivity index (χ2n) is 3.90. The quantitative estimate of drug-likeness (QED) is 0.648. The van der Waals surface area contributed by atoms with E-state index >= 15 is 0 Å². The predicted molar refractivity (Wildman–Crippen MR) is 67.6 cm³/mol. The molecule has 0 spiro atoms.